The molecular weight excluding hydrogens is 476 g/mol. The van der Waals surface area contributed by atoms with Gasteiger partial charge in [0.15, 0.2) is 0 Å². The Morgan fingerprint density at radius 1 is 1.10 bits per heavy atom. The first kappa shape index (κ1) is 23.8. The van der Waals surface area contributed by atoms with Gasteiger partial charge in [0.05, 0.1) is 17.0 Å². The highest BCUT2D eigenvalue weighted by molar-refractivity contribution is 7.88. The van der Waals surface area contributed by atoms with Gasteiger partial charge in [0.1, 0.15) is 0 Å². The predicted octanol–water partition coefficient (Wildman–Crippen LogP) is 5.19. The standard InChI is InChI=1S/C20H19Cl2F3N2O3S/c21-15-5-6-18(16(11-15)20(23,24)25)26-19(28)13-7-9-27(10-8-13)31(29,30)12-14-3-1-2-4-17(14)22/h1-6,11,13H,7-10,12H2,(H,26,28). The molecule has 1 heterocycles. The summed E-state index contributed by atoms with van der Waals surface area (Å²) in [4.78, 5) is 12.5. The summed E-state index contributed by atoms with van der Waals surface area (Å²) in [6, 6.07) is 9.75. The first-order chi connectivity index (χ1) is 14.5. The molecule has 0 unspecified atom stereocenters. The van der Waals surface area contributed by atoms with Crippen molar-refractivity contribution in [3.63, 3.8) is 0 Å². The van der Waals surface area contributed by atoms with Crippen molar-refractivity contribution in [1.82, 2.24) is 4.31 Å². The number of hydrogen-bond acceptors (Lipinski definition) is 3. The minimum atomic E-state index is -4.68. The Morgan fingerprint density at radius 2 is 1.74 bits per heavy atom. The van der Waals surface area contributed by atoms with Gasteiger partial charge >= 0.3 is 6.18 Å². The molecule has 31 heavy (non-hydrogen) atoms. The van der Waals surface area contributed by atoms with E-state index in [0.717, 1.165) is 12.1 Å². The summed E-state index contributed by atoms with van der Waals surface area (Å²) in [5, 5.41) is 2.57. The number of hydrogen-bond donors (Lipinski definition) is 1. The third kappa shape index (κ3) is 5.91. The molecule has 5 nitrogen and oxygen atoms in total. The van der Waals surface area contributed by atoms with E-state index in [4.69, 9.17) is 23.2 Å². The highest BCUT2D eigenvalue weighted by atomic mass is 35.5. The van der Waals surface area contributed by atoms with E-state index in [-0.39, 0.29) is 42.4 Å². The van der Waals surface area contributed by atoms with Crippen molar-refractivity contribution in [1.29, 1.82) is 0 Å². The number of alkyl halides is 3. The zero-order valence-electron chi connectivity index (χ0n) is 16.1. The molecule has 0 aromatic heterocycles. The van der Waals surface area contributed by atoms with Crippen LogP contribution in [0.2, 0.25) is 10.0 Å². The van der Waals surface area contributed by atoms with E-state index < -0.39 is 33.6 Å². The fourth-order valence-electron chi connectivity index (χ4n) is 3.39. The average Bonchev–Trinajstić information content (AvgIpc) is 2.70. The van der Waals surface area contributed by atoms with E-state index in [1.165, 1.54) is 10.4 Å². The fraction of sp³-hybridized carbons (Fsp3) is 0.350. The van der Waals surface area contributed by atoms with Gasteiger partial charge < -0.3 is 5.32 Å². The zero-order chi connectivity index (χ0) is 22.8. The Bertz CT molecular complexity index is 1070. The lowest BCUT2D eigenvalue weighted by Crippen LogP contribution is -2.42. The van der Waals surface area contributed by atoms with Crippen molar-refractivity contribution >= 4 is 44.8 Å². The minimum absolute atomic E-state index is 0.0949. The maximum atomic E-state index is 13.2. The fourth-order valence-corrected chi connectivity index (χ4v) is 5.44. The van der Waals surface area contributed by atoms with Gasteiger partial charge in [-0.1, -0.05) is 41.4 Å². The van der Waals surface area contributed by atoms with Crippen molar-refractivity contribution in [3.8, 4) is 0 Å². The first-order valence-corrected chi connectivity index (χ1v) is 11.7. The summed E-state index contributed by atoms with van der Waals surface area (Å²) in [5.41, 5.74) is -0.935. The van der Waals surface area contributed by atoms with E-state index in [1.54, 1.807) is 24.3 Å². The van der Waals surface area contributed by atoms with Crippen LogP contribution in [-0.2, 0) is 26.7 Å². The van der Waals surface area contributed by atoms with Crippen LogP contribution in [-0.4, -0.2) is 31.7 Å². The largest absolute Gasteiger partial charge is 0.418 e. The van der Waals surface area contributed by atoms with Crippen molar-refractivity contribution in [2.24, 2.45) is 5.92 Å². The highest BCUT2D eigenvalue weighted by Gasteiger charge is 2.36. The molecule has 0 saturated carbocycles. The van der Waals surface area contributed by atoms with Crippen LogP contribution in [0.15, 0.2) is 42.5 Å². The average molecular weight is 495 g/mol. The number of nitrogens with zero attached hydrogens (tertiary/aromatic N) is 1. The Kier molecular flexibility index (Phi) is 7.20. The number of carbonyl (C=O) groups excluding carboxylic acids is 1. The summed E-state index contributed by atoms with van der Waals surface area (Å²) >= 11 is 11.7. The number of anilines is 1. The van der Waals surface area contributed by atoms with Crippen LogP contribution in [0.3, 0.4) is 0 Å². The monoisotopic (exact) mass is 494 g/mol. The Labute approximate surface area is 188 Å². The zero-order valence-corrected chi connectivity index (χ0v) is 18.5. The quantitative estimate of drug-likeness (QED) is 0.621. The molecular formula is C20H19Cl2F3N2O3S. The van der Waals surface area contributed by atoms with Crippen molar-refractivity contribution in [3.05, 3.63) is 63.6 Å². The molecule has 1 aliphatic heterocycles. The molecule has 0 bridgehead atoms. The van der Waals surface area contributed by atoms with Crippen molar-refractivity contribution in [2.75, 3.05) is 18.4 Å². The molecule has 1 N–H and O–H groups in total. The number of rotatable bonds is 5. The third-order valence-corrected chi connectivity index (χ3v) is 7.49. The van der Waals surface area contributed by atoms with E-state index in [2.05, 4.69) is 5.32 Å². The number of carbonyl (C=O) groups is 1. The molecule has 1 aliphatic rings. The van der Waals surface area contributed by atoms with Gasteiger partial charge in [-0.25, -0.2) is 12.7 Å². The Morgan fingerprint density at radius 3 is 2.35 bits per heavy atom. The number of piperidine rings is 1. The lowest BCUT2D eigenvalue weighted by atomic mass is 9.97. The molecule has 2 aromatic rings. The van der Waals surface area contributed by atoms with Crippen LogP contribution < -0.4 is 5.32 Å². The van der Waals surface area contributed by atoms with Gasteiger partial charge in [0.2, 0.25) is 15.9 Å². The van der Waals surface area contributed by atoms with Gasteiger partial charge in [-0.3, -0.25) is 4.79 Å². The Hall–Kier alpha value is -1.81. The van der Waals surface area contributed by atoms with Crippen LogP contribution in [0.4, 0.5) is 18.9 Å². The number of amides is 1. The van der Waals surface area contributed by atoms with Crippen LogP contribution in [0.1, 0.15) is 24.0 Å². The molecule has 1 amide bonds. The van der Waals surface area contributed by atoms with Gasteiger partial charge in [0.25, 0.3) is 0 Å². The molecule has 3 rings (SSSR count). The van der Waals surface area contributed by atoms with E-state index in [1.807, 2.05) is 0 Å². The number of halogens is 5. The van der Waals surface area contributed by atoms with Gasteiger partial charge in [-0.15, -0.1) is 0 Å². The SMILES string of the molecule is O=C(Nc1ccc(Cl)cc1C(F)(F)F)C1CCN(S(=O)(=O)Cc2ccccc2Cl)CC1. The lowest BCUT2D eigenvalue weighted by molar-refractivity contribution is -0.137. The molecule has 1 saturated heterocycles. The normalized spacial score (nSPS) is 16.3. The van der Waals surface area contributed by atoms with Crippen LogP contribution in [0.25, 0.3) is 0 Å². The summed E-state index contributed by atoms with van der Waals surface area (Å²) in [6.45, 7) is 0.190. The van der Waals surface area contributed by atoms with E-state index >= 15 is 0 Å². The van der Waals surface area contributed by atoms with E-state index in [0.29, 0.717) is 10.6 Å². The molecule has 0 atom stereocenters. The number of benzene rings is 2. The maximum Gasteiger partial charge on any atom is 0.418 e. The second-order valence-corrected chi connectivity index (χ2v) is 10.0. The molecule has 2 aromatic carbocycles. The number of nitrogens with one attached hydrogen (secondary N) is 1. The first-order valence-electron chi connectivity index (χ1n) is 9.36. The maximum absolute atomic E-state index is 13.2. The second kappa shape index (κ2) is 9.36. The predicted molar refractivity (Wildman–Crippen MR) is 113 cm³/mol. The number of sulfonamides is 1. The molecule has 0 spiro atoms. The Balaban J connectivity index is 1.64. The topological polar surface area (TPSA) is 66.5 Å². The third-order valence-electron chi connectivity index (χ3n) is 5.06. The summed E-state index contributed by atoms with van der Waals surface area (Å²) in [6.07, 6.45) is -4.28. The molecule has 1 fully saturated rings. The van der Waals surface area contributed by atoms with Crippen LogP contribution in [0, 0.1) is 5.92 Å². The second-order valence-electron chi connectivity index (χ2n) is 7.20. The van der Waals surface area contributed by atoms with Gasteiger partial charge in [-0.05, 0) is 42.7 Å². The van der Waals surface area contributed by atoms with Crippen molar-refractivity contribution < 1.29 is 26.4 Å². The molecule has 0 aliphatic carbocycles. The molecule has 168 valence electrons. The van der Waals surface area contributed by atoms with Crippen LogP contribution >= 0.6 is 23.2 Å². The lowest BCUT2D eigenvalue weighted by Gasteiger charge is -2.30. The summed E-state index contributed by atoms with van der Waals surface area (Å²) in [7, 11) is -3.64. The highest BCUT2D eigenvalue weighted by Crippen LogP contribution is 2.37. The van der Waals surface area contributed by atoms with Crippen molar-refractivity contribution in [2.45, 2.75) is 24.8 Å². The summed E-state index contributed by atoms with van der Waals surface area (Å²) < 4.78 is 66.3. The van der Waals surface area contributed by atoms with Crippen LogP contribution in [0.5, 0.6) is 0 Å². The van der Waals surface area contributed by atoms with E-state index in [9.17, 15) is 26.4 Å². The minimum Gasteiger partial charge on any atom is -0.325 e. The molecule has 11 heteroatoms. The molecule has 0 radical (unpaired) electrons. The smallest absolute Gasteiger partial charge is 0.325 e. The van der Waals surface area contributed by atoms with Gasteiger partial charge in [0, 0.05) is 29.1 Å². The summed E-state index contributed by atoms with van der Waals surface area (Å²) in [5.74, 6) is -1.46. The van der Waals surface area contributed by atoms with Gasteiger partial charge in [-0.2, -0.15) is 13.2 Å².